The number of benzene rings is 2. The topological polar surface area (TPSA) is 51.5 Å². The van der Waals surface area contributed by atoms with Gasteiger partial charge in [0, 0.05) is 24.3 Å². The van der Waals surface area contributed by atoms with Crippen LogP contribution in [0.2, 0.25) is 0 Å². The van der Waals surface area contributed by atoms with E-state index in [-0.39, 0.29) is 0 Å². The molecule has 0 bridgehead atoms. The van der Waals surface area contributed by atoms with Crippen LogP contribution in [0.1, 0.15) is 17.4 Å². The first kappa shape index (κ1) is 15.5. The molecule has 0 spiro atoms. The van der Waals surface area contributed by atoms with Crippen LogP contribution in [-0.2, 0) is 9.47 Å². The Labute approximate surface area is 132 Å². The van der Waals surface area contributed by atoms with E-state index in [1.165, 1.54) is 0 Å². The molecule has 0 unspecified atom stereocenters. The van der Waals surface area contributed by atoms with Gasteiger partial charge in [-0.2, -0.15) is 5.26 Å². The molecule has 5 heteroatoms. The first-order valence-electron chi connectivity index (χ1n) is 6.21. The second-order valence-corrected chi connectivity index (χ2v) is 5.08. The maximum atomic E-state index is 8.78. The maximum Gasteiger partial charge on any atom is 0.184 e. The Hall–Kier alpha value is -1.87. The number of hydrogen-bond donors (Lipinski definition) is 0. The number of hydrogen-bond acceptors (Lipinski definition) is 4. The first-order valence-corrected chi connectivity index (χ1v) is 7.00. The second-order valence-electron chi connectivity index (χ2n) is 4.22. The number of nitrogens with zero attached hydrogens (tertiary/aromatic N) is 1. The van der Waals surface area contributed by atoms with Gasteiger partial charge < -0.3 is 14.2 Å². The van der Waals surface area contributed by atoms with Crippen LogP contribution in [0.15, 0.2) is 46.9 Å². The molecule has 4 nitrogen and oxygen atoms in total. The lowest BCUT2D eigenvalue weighted by Crippen LogP contribution is -2.04. The molecular weight excluding hydrogens is 334 g/mol. The van der Waals surface area contributed by atoms with Crippen LogP contribution in [0.25, 0.3) is 0 Å². The summed E-state index contributed by atoms with van der Waals surface area (Å²) in [6, 6.07) is 14.6. The SMILES string of the molecule is COC(OC)c1cc(Oc2ccc(C#N)cc2)ccc1Br. The van der Waals surface area contributed by atoms with Gasteiger partial charge in [-0.3, -0.25) is 0 Å². The van der Waals surface area contributed by atoms with Gasteiger partial charge in [-0.05, 0) is 42.5 Å². The van der Waals surface area contributed by atoms with Crippen LogP contribution in [0.3, 0.4) is 0 Å². The normalized spacial score (nSPS) is 10.4. The van der Waals surface area contributed by atoms with E-state index in [0.717, 1.165) is 10.0 Å². The molecule has 2 rings (SSSR count). The Bertz CT molecular complexity index is 646. The number of rotatable bonds is 5. The van der Waals surface area contributed by atoms with E-state index in [4.69, 9.17) is 19.5 Å². The van der Waals surface area contributed by atoms with Crippen LogP contribution in [0.5, 0.6) is 11.5 Å². The molecule has 0 aliphatic heterocycles. The Morgan fingerprint density at radius 2 is 1.62 bits per heavy atom. The predicted molar refractivity (Wildman–Crippen MR) is 82.1 cm³/mol. The summed E-state index contributed by atoms with van der Waals surface area (Å²) in [5, 5.41) is 8.78. The van der Waals surface area contributed by atoms with Crippen molar-refractivity contribution in [2.75, 3.05) is 14.2 Å². The van der Waals surface area contributed by atoms with Gasteiger partial charge in [0.15, 0.2) is 6.29 Å². The third kappa shape index (κ3) is 3.82. The number of ether oxygens (including phenoxy) is 3. The monoisotopic (exact) mass is 347 g/mol. The van der Waals surface area contributed by atoms with Crippen LogP contribution in [0, 0.1) is 11.3 Å². The Kier molecular flexibility index (Phi) is 5.34. The van der Waals surface area contributed by atoms with Gasteiger partial charge >= 0.3 is 0 Å². The molecule has 2 aromatic rings. The van der Waals surface area contributed by atoms with Gasteiger partial charge in [0.05, 0.1) is 11.6 Å². The van der Waals surface area contributed by atoms with E-state index in [9.17, 15) is 0 Å². The average molecular weight is 348 g/mol. The van der Waals surface area contributed by atoms with E-state index in [1.54, 1.807) is 38.5 Å². The van der Waals surface area contributed by atoms with Crippen LogP contribution in [-0.4, -0.2) is 14.2 Å². The summed E-state index contributed by atoms with van der Waals surface area (Å²) < 4.78 is 17.2. The van der Waals surface area contributed by atoms with E-state index in [2.05, 4.69) is 22.0 Å². The van der Waals surface area contributed by atoms with Gasteiger partial charge in [-0.15, -0.1) is 0 Å². The minimum atomic E-state index is -0.469. The lowest BCUT2D eigenvalue weighted by Gasteiger charge is -2.16. The molecule has 0 amide bonds. The van der Waals surface area contributed by atoms with E-state index >= 15 is 0 Å². The number of methoxy groups -OCH3 is 2. The molecule has 21 heavy (non-hydrogen) atoms. The molecule has 0 aliphatic rings. The highest BCUT2D eigenvalue weighted by Gasteiger charge is 2.14. The molecule has 0 atom stereocenters. The van der Waals surface area contributed by atoms with Crippen LogP contribution >= 0.6 is 15.9 Å². The van der Waals surface area contributed by atoms with Gasteiger partial charge in [0.2, 0.25) is 0 Å². The van der Waals surface area contributed by atoms with E-state index in [0.29, 0.717) is 17.1 Å². The number of halogens is 1. The summed E-state index contributed by atoms with van der Waals surface area (Å²) >= 11 is 3.47. The molecule has 0 saturated carbocycles. The molecule has 0 fully saturated rings. The molecule has 0 N–H and O–H groups in total. The summed E-state index contributed by atoms with van der Waals surface area (Å²) in [4.78, 5) is 0. The zero-order valence-electron chi connectivity index (χ0n) is 11.7. The van der Waals surface area contributed by atoms with E-state index in [1.807, 2.05) is 18.2 Å². The predicted octanol–water partition coefficient (Wildman–Crippen LogP) is 4.40. The summed E-state index contributed by atoms with van der Waals surface area (Å²) in [6.45, 7) is 0. The van der Waals surface area contributed by atoms with Crippen molar-refractivity contribution in [2.24, 2.45) is 0 Å². The fourth-order valence-corrected chi connectivity index (χ4v) is 2.28. The van der Waals surface area contributed by atoms with Gasteiger partial charge in [0.25, 0.3) is 0 Å². The molecule has 0 radical (unpaired) electrons. The van der Waals surface area contributed by atoms with Crippen LogP contribution in [0.4, 0.5) is 0 Å². The van der Waals surface area contributed by atoms with Crippen molar-refractivity contribution in [3.05, 3.63) is 58.1 Å². The lowest BCUT2D eigenvalue weighted by molar-refractivity contribution is -0.106. The fraction of sp³-hybridized carbons (Fsp3) is 0.188. The average Bonchev–Trinajstić information content (AvgIpc) is 2.52. The van der Waals surface area contributed by atoms with Crippen molar-refractivity contribution < 1.29 is 14.2 Å². The van der Waals surface area contributed by atoms with Crippen molar-refractivity contribution in [1.29, 1.82) is 5.26 Å². The molecule has 0 heterocycles. The largest absolute Gasteiger partial charge is 0.457 e. The van der Waals surface area contributed by atoms with Crippen molar-refractivity contribution in [3.8, 4) is 17.6 Å². The first-order chi connectivity index (χ1) is 10.2. The Morgan fingerprint density at radius 1 is 1.00 bits per heavy atom. The molecular formula is C16H14BrNO3. The quantitative estimate of drug-likeness (QED) is 0.752. The molecule has 0 aliphatic carbocycles. The highest BCUT2D eigenvalue weighted by molar-refractivity contribution is 9.10. The smallest absolute Gasteiger partial charge is 0.184 e. The zero-order chi connectivity index (χ0) is 15.2. The third-order valence-corrected chi connectivity index (χ3v) is 3.59. The Morgan fingerprint density at radius 3 is 2.19 bits per heavy atom. The molecule has 0 aromatic heterocycles. The fourth-order valence-electron chi connectivity index (χ4n) is 1.85. The van der Waals surface area contributed by atoms with Gasteiger partial charge in [-0.25, -0.2) is 0 Å². The van der Waals surface area contributed by atoms with Crippen LogP contribution < -0.4 is 4.74 Å². The Balaban J connectivity index is 2.24. The lowest BCUT2D eigenvalue weighted by atomic mass is 10.2. The van der Waals surface area contributed by atoms with Crippen molar-refractivity contribution in [1.82, 2.24) is 0 Å². The summed E-state index contributed by atoms with van der Waals surface area (Å²) in [5.41, 5.74) is 1.43. The molecule has 108 valence electrons. The third-order valence-electron chi connectivity index (χ3n) is 2.87. The summed E-state index contributed by atoms with van der Waals surface area (Å²) in [6.07, 6.45) is -0.469. The second kappa shape index (κ2) is 7.23. The minimum Gasteiger partial charge on any atom is -0.457 e. The highest BCUT2D eigenvalue weighted by Crippen LogP contribution is 2.32. The van der Waals surface area contributed by atoms with Crippen molar-refractivity contribution >= 4 is 15.9 Å². The van der Waals surface area contributed by atoms with Crippen molar-refractivity contribution in [2.45, 2.75) is 6.29 Å². The van der Waals surface area contributed by atoms with Gasteiger partial charge in [-0.1, -0.05) is 15.9 Å². The summed E-state index contributed by atoms with van der Waals surface area (Å²) in [7, 11) is 3.16. The zero-order valence-corrected chi connectivity index (χ0v) is 13.3. The number of nitriles is 1. The van der Waals surface area contributed by atoms with Gasteiger partial charge in [0.1, 0.15) is 11.5 Å². The summed E-state index contributed by atoms with van der Waals surface area (Å²) in [5.74, 6) is 1.32. The standard InChI is InChI=1S/C16H14BrNO3/c1-19-16(20-2)14-9-13(7-8-15(14)17)21-12-5-3-11(10-18)4-6-12/h3-9,16H,1-2H3. The molecule has 2 aromatic carbocycles. The minimum absolute atomic E-state index is 0.469. The molecule has 0 saturated heterocycles. The highest BCUT2D eigenvalue weighted by atomic mass is 79.9. The maximum absolute atomic E-state index is 8.78. The van der Waals surface area contributed by atoms with Crippen molar-refractivity contribution in [3.63, 3.8) is 0 Å². The van der Waals surface area contributed by atoms with E-state index < -0.39 is 6.29 Å².